The third-order valence-corrected chi connectivity index (χ3v) is 6.17. The van der Waals surface area contributed by atoms with E-state index in [1.165, 1.54) is 5.56 Å². The summed E-state index contributed by atoms with van der Waals surface area (Å²) in [5.41, 5.74) is 3.11. The van der Waals surface area contributed by atoms with Crippen LogP contribution in [0, 0.1) is 0 Å². The molecule has 2 aromatic heterocycles. The zero-order valence-electron chi connectivity index (χ0n) is 17.5. The van der Waals surface area contributed by atoms with Gasteiger partial charge in [-0.2, -0.15) is 0 Å². The Labute approximate surface area is 181 Å². The third kappa shape index (κ3) is 4.61. The minimum absolute atomic E-state index is 0.0738. The van der Waals surface area contributed by atoms with E-state index in [-0.39, 0.29) is 11.6 Å². The highest BCUT2D eigenvalue weighted by Gasteiger charge is 2.24. The van der Waals surface area contributed by atoms with Gasteiger partial charge < -0.3 is 10.1 Å². The van der Waals surface area contributed by atoms with Gasteiger partial charge in [0.15, 0.2) is 0 Å². The maximum atomic E-state index is 12.4. The number of pyridine rings is 1. The first-order valence-corrected chi connectivity index (χ1v) is 11.0. The molecule has 0 spiro atoms. The van der Waals surface area contributed by atoms with Gasteiger partial charge in [-0.3, -0.25) is 19.7 Å². The van der Waals surface area contributed by atoms with Crippen molar-refractivity contribution in [3.8, 4) is 5.75 Å². The van der Waals surface area contributed by atoms with Crippen LogP contribution in [-0.2, 0) is 6.54 Å². The molecule has 7 heteroatoms. The lowest BCUT2D eigenvalue weighted by molar-refractivity contribution is 0.203. The number of H-pyrrole nitrogens is 1. The van der Waals surface area contributed by atoms with Gasteiger partial charge in [-0.1, -0.05) is 24.3 Å². The van der Waals surface area contributed by atoms with Crippen LogP contribution in [0.2, 0.25) is 0 Å². The second-order valence-corrected chi connectivity index (χ2v) is 8.30. The minimum Gasteiger partial charge on any atom is -0.493 e. The molecule has 0 radical (unpaired) electrons. The number of likely N-dealkylation sites (tertiary alicyclic amines) is 1. The molecule has 1 saturated heterocycles. The largest absolute Gasteiger partial charge is 0.493 e. The van der Waals surface area contributed by atoms with Crippen molar-refractivity contribution in [2.75, 3.05) is 25.0 Å². The minimum atomic E-state index is -0.106. The zero-order chi connectivity index (χ0) is 21.0. The van der Waals surface area contributed by atoms with Crippen LogP contribution in [0.5, 0.6) is 5.75 Å². The quantitative estimate of drug-likeness (QED) is 0.661. The fourth-order valence-electron chi connectivity index (χ4n) is 4.55. The number of hydrogen-bond acceptors (Lipinski definition) is 6. The molecule has 31 heavy (non-hydrogen) atoms. The maximum absolute atomic E-state index is 12.4. The van der Waals surface area contributed by atoms with Crippen LogP contribution in [0.1, 0.15) is 48.0 Å². The van der Waals surface area contributed by atoms with E-state index in [0.717, 1.165) is 55.9 Å². The van der Waals surface area contributed by atoms with E-state index in [9.17, 15) is 4.79 Å². The molecule has 0 unspecified atom stereocenters. The summed E-state index contributed by atoms with van der Waals surface area (Å²) in [7, 11) is 0. The Morgan fingerprint density at radius 2 is 2.00 bits per heavy atom. The predicted octanol–water partition coefficient (Wildman–Crippen LogP) is 3.48. The van der Waals surface area contributed by atoms with Crippen molar-refractivity contribution in [1.29, 1.82) is 0 Å². The van der Waals surface area contributed by atoms with Crippen LogP contribution < -0.4 is 15.6 Å². The average Bonchev–Trinajstić information content (AvgIpc) is 2.80. The van der Waals surface area contributed by atoms with Crippen LogP contribution in [0.25, 0.3) is 0 Å². The number of piperidine rings is 1. The highest BCUT2D eigenvalue weighted by atomic mass is 16.5. The summed E-state index contributed by atoms with van der Waals surface area (Å²) in [5.74, 6) is 1.74. The summed E-state index contributed by atoms with van der Waals surface area (Å²) < 4.78 is 5.75. The molecular formula is C24H27N5O2. The Morgan fingerprint density at radius 1 is 1.13 bits per heavy atom. The van der Waals surface area contributed by atoms with Gasteiger partial charge in [0.05, 0.1) is 18.3 Å². The van der Waals surface area contributed by atoms with Gasteiger partial charge in [0.2, 0.25) is 5.95 Å². The van der Waals surface area contributed by atoms with Crippen LogP contribution >= 0.6 is 0 Å². The van der Waals surface area contributed by atoms with E-state index >= 15 is 0 Å². The van der Waals surface area contributed by atoms with Gasteiger partial charge in [0.25, 0.3) is 5.56 Å². The van der Waals surface area contributed by atoms with Crippen LogP contribution in [0.15, 0.2) is 59.7 Å². The molecule has 3 aromatic rings. The number of anilines is 1. The first-order valence-electron chi connectivity index (χ1n) is 11.0. The van der Waals surface area contributed by atoms with Crippen molar-refractivity contribution in [2.24, 2.45) is 0 Å². The average molecular weight is 418 g/mol. The number of hydrogen-bond donors (Lipinski definition) is 2. The normalized spacial score (nSPS) is 19.4. The van der Waals surface area contributed by atoms with Crippen molar-refractivity contribution in [3.63, 3.8) is 0 Å². The first kappa shape index (κ1) is 19.8. The van der Waals surface area contributed by atoms with Crippen LogP contribution in [-0.4, -0.2) is 39.5 Å². The summed E-state index contributed by atoms with van der Waals surface area (Å²) in [6, 6.07) is 13.9. The van der Waals surface area contributed by atoms with Crippen molar-refractivity contribution in [1.82, 2.24) is 19.9 Å². The molecule has 2 N–H and O–H groups in total. The topological polar surface area (TPSA) is 83.1 Å². The van der Waals surface area contributed by atoms with E-state index in [4.69, 9.17) is 9.72 Å². The number of aromatic nitrogens is 3. The lowest BCUT2D eigenvalue weighted by Crippen LogP contribution is -2.33. The highest BCUT2D eigenvalue weighted by Crippen LogP contribution is 2.34. The van der Waals surface area contributed by atoms with Gasteiger partial charge >= 0.3 is 0 Å². The number of para-hydroxylation sites is 1. The molecule has 1 fully saturated rings. The fraction of sp³-hybridized carbons (Fsp3) is 0.375. The van der Waals surface area contributed by atoms with Crippen LogP contribution in [0.4, 0.5) is 5.95 Å². The molecule has 5 rings (SSSR count). The Kier molecular flexibility index (Phi) is 5.67. The number of ether oxygens (including phenoxy) is 1. The number of benzene rings is 1. The summed E-state index contributed by atoms with van der Waals surface area (Å²) >= 11 is 0. The van der Waals surface area contributed by atoms with Gasteiger partial charge in [-0.25, -0.2) is 4.98 Å². The lowest BCUT2D eigenvalue weighted by Gasteiger charge is -2.32. The smallest absolute Gasteiger partial charge is 0.252 e. The van der Waals surface area contributed by atoms with Gasteiger partial charge in [-0.15, -0.1) is 0 Å². The zero-order valence-corrected chi connectivity index (χ0v) is 17.5. The van der Waals surface area contributed by atoms with E-state index in [2.05, 4.69) is 32.3 Å². The monoisotopic (exact) mass is 417 g/mol. The molecule has 0 aliphatic carbocycles. The molecule has 2 aliphatic rings. The third-order valence-electron chi connectivity index (χ3n) is 6.17. The van der Waals surface area contributed by atoms with Gasteiger partial charge in [0.1, 0.15) is 5.75 Å². The van der Waals surface area contributed by atoms with Gasteiger partial charge in [-0.05, 0) is 43.6 Å². The Hall–Kier alpha value is -3.19. The molecule has 7 nitrogen and oxygen atoms in total. The number of aromatic amines is 1. The molecule has 4 heterocycles. The Bertz CT molecular complexity index is 1080. The van der Waals surface area contributed by atoms with Crippen molar-refractivity contribution >= 4 is 5.95 Å². The van der Waals surface area contributed by atoms with Gasteiger partial charge in [0, 0.05) is 42.9 Å². The highest BCUT2D eigenvalue weighted by molar-refractivity contribution is 5.42. The summed E-state index contributed by atoms with van der Waals surface area (Å²) in [6.45, 7) is 3.54. The fourth-order valence-corrected chi connectivity index (χ4v) is 4.55. The number of fused-ring (bicyclic) bond motifs is 1. The van der Waals surface area contributed by atoms with E-state index in [0.29, 0.717) is 18.5 Å². The standard InChI is InChI=1S/C24H27N5O2/c30-23-14-21(18-7-11-29(12-8-18)16-17-4-3-10-25-15-17)27-24(28-23)26-20-9-13-31-22-6-2-1-5-19(20)22/h1-6,10,14-15,18,20H,7-9,11-13,16H2,(H2,26,27,28,30)/t20-/m1/s1. The maximum Gasteiger partial charge on any atom is 0.252 e. The van der Waals surface area contributed by atoms with Crippen molar-refractivity contribution in [2.45, 2.75) is 37.8 Å². The SMILES string of the molecule is O=c1cc(C2CCN(Cc3cccnc3)CC2)nc(N[C@@H]2CCOc3ccccc32)[nH]1. The molecule has 2 aliphatic heterocycles. The molecule has 0 amide bonds. The summed E-state index contributed by atoms with van der Waals surface area (Å²) in [6.07, 6.45) is 6.56. The van der Waals surface area contributed by atoms with Crippen molar-refractivity contribution < 1.29 is 4.74 Å². The Morgan fingerprint density at radius 3 is 2.84 bits per heavy atom. The molecular weight excluding hydrogens is 390 g/mol. The van der Waals surface area contributed by atoms with E-state index < -0.39 is 0 Å². The number of nitrogens with zero attached hydrogens (tertiary/aromatic N) is 3. The molecule has 0 saturated carbocycles. The van der Waals surface area contributed by atoms with Crippen LogP contribution in [0.3, 0.4) is 0 Å². The Balaban J connectivity index is 1.26. The second kappa shape index (κ2) is 8.89. The molecule has 1 aromatic carbocycles. The van der Waals surface area contributed by atoms with E-state index in [1.807, 2.05) is 30.5 Å². The molecule has 1 atom stereocenters. The predicted molar refractivity (Wildman–Crippen MR) is 119 cm³/mol. The lowest BCUT2D eigenvalue weighted by atomic mass is 9.93. The molecule has 160 valence electrons. The van der Waals surface area contributed by atoms with Crippen molar-refractivity contribution in [3.05, 3.63) is 82.0 Å². The second-order valence-electron chi connectivity index (χ2n) is 8.30. The summed E-state index contributed by atoms with van der Waals surface area (Å²) in [4.78, 5) is 26.7. The summed E-state index contributed by atoms with van der Waals surface area (Å²) in [5, 5.41) is 3.43. The van der Waals surface area contributed by atoms with E-state index in [1.54, 1.807) is 12.3 Å². The first-order chi connectivity index (χ1) is 15.2. The number of rotatable bonds is 5. The molecule has 0 bridgehead atoms. The number of nitrogens with one attached hydrogen (secondary N) is 2.